The van der Waals surface area contributed by atoms with E-state index < -0.39 is 15.9 Å². The Hall–Kier alpha value is -4.21. The number of ketones is 1. The van der Waals surface area contributed by atoms with Crippen molar-refractivity contribution in [2.45, 2.75) is 4.90 Å². The normalized spacial score (nSPS) is 11.6. The minimum atomic E-state index is -3.89. The number of hydrogen-bond acceptors (Lipinski definition) is 6. The second-order valence-corrected chi connectivity index (χ2v) is 9.14. The molecule has 0 fully saturated rings. The molecule has 0 unspecified atom stereocenters. The summed E-state index contributed by atoms with van der Waals surface area (Å²) in [7, 11) is -2.34. The topological polar surface area (TPSA) is 115 Å². The molecule has 4 rings (SSSR count). The molecular formula is C25H20N2O6S. The lowest BCUT2D eigenvalue weighted by Crippen LogP contribution is -2.14. The lowest BCUT2D eigenvalue weighted by atomic mass is 10.0. The van der Waals surface area contributed by atoms with Crippen molar-refractivity contribution < 1.29 is 28.0 Å². The summed E-state index contributed by atoms with van der Waals surface area (Å²) in [5.41, 5.74) is 3.44. The molecule has 4 aromatic rings. The number of carbonyl (C=O) groups is 2. The van der Waals surface area contributed by atoms with Crippen LogP contribution in [0.2, 0.25) is 0 Å². The SMILES string of the molecule is COc1ccc(C(=O)c2ccc3c(ccn3S(=O)(=O)c3ccc(/C=C/C(=O)NO)cc3)c2)cc1. The lowest BCUT2D eigenvalue weighted by molar-refractivity contribution is -0.124. The van der Waals surface area contributed by atoms with Crippen LogP contribution in [0, 0.1) is 0 Å². The summed E-state index contributed by atoms with van der Waals surface area (Å²) < 4.78 is 32.7. The number of benzene rings is 3. The highest BCUT2D eigenvalue weighted by Gasteiger charge is 2.20. The van der Waals surface area contributed by atoms with Gasteiger partial charge in [0, 0.05) is 28.8 Å². The van der Waals surface area contributed by atoms with Crippen molar-refractivity contribution in [1.82, 2.24) is 9.45 Å². The van der Waals surface area contributed by atoms with E-state index in [1.165, 1.54) is 29.9 Å². The maximum absolute atomic E-state index is 13.2. The average Bonchev–Trinajstić information content (AvgIpc) is 3.31. The summed E-state index contributed by atoms with van der Waals surface area (Å²) in [4.78, 5) is 24.0. The summed E-state index contributed by atoms with van der Waals surface area (Å²) in [6.45, 7) is 0. The standard InChI is InChI=1S/C25H20N2O6S/c1-33-21-8-5-18(6-9-21)25(29)20-7-12-23-19(16-20)14-15-27(23)34(31,32)22-10-2-17(3-11-22)4-13-24(28)26-30/h2-16,30H,1H3,(H,26,28)/b13-4+. The minimum absolute atomic E-state index is 0.0622. The molecule has 0 saturated carbocycles. The maximum atomic E-state index is 13.2. The van der Waals surface area contributed by atoms with Crippen molar-refractivity contribution in [3.63, 3.8) is 0 Å². The number of carbonyl (C=O) groups excluding carboxylic acids is 2. The quantitative estimate of drug-likeness (QED) is 0.182. The van der Waals surface area contributed by atoms with E-state index >= 15 is 0 Å². The van der Waals surface area contributed by atoms with Crippen LogP contribution in [-0.4, -0.2) is 36.4 Å². The summed E-state index contributed by atoms with van der Waals surface area (Å²) >= 11 is 0. The monoisotopic (exact) mass is 476 g/mol. The molecule has 1 heterocycles. The van der Waals surface area contributed by atoms with Crippen LogP contribution in [0.1, 0.15) is 21.5 Å². The summed E-state index contributed by atoms with van der Waals surface area (Å²) in [6, 6.07) is 19.2. The summed E-state index contributed by atoms with van der Waals surface area (Å²) in [6.07, 6.45) is 4.00. The van der Waals surface area contributed by atoms with Crippen LogP contribution in [0.3, 0.4) is 0 Å². The van der Waals surface area contributed by atoms with E-state index in [2.05, 4.69) is 0 Å². The molecule has 34 heavy (non-hydrogen) atoms. The first kappa shape index (κ1) is 23.0. The number of ether oxygens (including phenoxy) is 1. The molecule has 0 spiro atoms. The Kier molecular flexibility index (Phi) is 6.31. The molecule has 0 atom stereocenters. The fraction of sp³-hybridized carbons (Fsp3) is 0.0400. The maximum Gasteiger partial charge on any atom is 0.268 e. The van der Waals surface area contributed by atoms with Crippen LogP contribution in [0.5, 0.6) is 5.75 Å². The molecule has 0 aliphatic carbocycles. The fourth-order valence-corrected chi connectivity index (χ4v) is 4.80. The van der Waals surface area contributed by atoms with Crippen LogP contribution >= 0.6 is 0 Å². The van der Waals surface area contributed by atoms with Crippen molar-refractivity contribution in [1.29, 1.82) is 0 Å². The van der Waals surface area contributed by atoms with E-state index in [4.69, 9.17) is 9.94 Å². The van der Waals surface area contributed by atoms with Gasteiger partial charge in [0.05, 0.1) is 17.5 Å². The third-order valence-electron chi connectivity index (χ3n) is 5.24. The first-order chi connectivity index (χ1) is 16.3. The number of hydrogen-bond donors (Lipinski definition) is 2. The Morgan fingerprint density at radius 2 is 1.62 bits per heavy atom. The lowest BCUT2D eigenvalue weighted by Gasteiger charge is -2.09. The van der Waals surface area contributed by atoms with Crippen LogP contribution in [0.4, 0.5) is 0 Å². The van der Waals surface area contributed by atoms with E-state index in [-0.39, 0.29) is 10.7 Å². The van der Waals surface area contributed by atoms with Gasteiger partial charge in [0.25, 0.3) is 15.9 Å². The van der Waals surface area contributed by atoms with Crippen molar-refractivity contribution in [3.05, 3.63) is 102 Å². The molecule has 0 aliphatic rings. The Bertz CT molecular complexity index is 1500. The van der Waals surface area contributed by atoms with Gasteiger partial charge < -0.3 is 4.74 Å². The number of amides is 1. The first-order valence-electron chi connectivity index (χ1n) is 10.1. The number of fused-ring (bicyclic) bond motifs is 1. The average molecular weight is 477 g/mol. The molecular weight excluding hydrogens is 456 g/mol. The highest BCUT2D eigenvalue weighted by atomic mass is 32.2. The molecule has 3 aromatic carbocycles. The van der Waals surface area contributed by atoms with Crippen LogP contribution < -0.4 is 10.2 Å². The molecule has 0 saturated heterocycles. The number of rotatable bonds is 7. The molecule has 8 nitrogen and oxygen atoms in total. The predicted molar refractivity (Wildman–Crippen MR) is 126 cm³/mol. The number of hydroxylamine groups is 1. The van der Waals surface area contributed by atoms with Gasteiger partial charge in [-0.15, -0.1) is 0 Å². The van der Waals surface area contributed by atoms with Gasteiger partial charge in [-0.3, -0.25) is 14.8 Å². The van der Waals surface area contributed by atoms with Gasteiger partial charge in [-0.05, 0) is 72.3 Å². The van der Waals surface area contributed by atoms with E-state index in [9.17, 15) is 18.0 Å². The zero-order valence-electron chi connectivity index (χ0n) is 18.0. The van der Waals surface area contributed by atoms with Gasteiger partial charge in [0.15, 0.2) is 5.78 Å². The molecule has 0 aliphatic heterocycles. The largest absolute Gasteiger partial charge is 0.497 e. The van der Waals surface area contributed by atoms with Crippen molar-refractivity contribution in [3.8, 4) is 5.75 Å². The van der Waals surface area contributed by atoms with Gasteiger partial charge in [0.2, 0.25) is 0 Å². The number of nitrogens with zero attached hydrogens (tertiary/aromatic N) is 1. The van der Waals surface area contributed by atoms with Crippen molar-refractivity contribution in [2.24, 2.45) is 0 Å². The van der Waals surface area contributed by atoms with Crippen LogP contribution in [0.25, 0.3) is 17.0 Å². The molecule has 0 radical (unpaired) electrons. The highest BCUT2D eigenvalue weighted by molar-refractivity contribution is 7.90. The smallest absolute Gasteiger partial charge is 0.268 e. The summed E-state index contributed by atoms with van der Waals surface area (Å²) in [5.74, 6) is -0.229. The Labute approximate surface area is 195 Å². The summed E-state index contributed by atoms with van der Waals surface area (Å²) in [5, 5.41) is 9.13. The van der Waals surface area contributed by atoms with Crippen molar-refractivity contribution >= 4 is 38.7 Å². The van der Waals surface area contributed by atoms with Gasteiger partial charge in [-0.25, -0.2) is 17.9 Å². The minimum Gasteiger partial charge on any atom is -0.497 e. The Balaban J connectivity index is 1.62. The molecule has 1 amide bonds. The van der Waals surface area contributed by atoms with E-state index in [0.717, 1.165) is 10.0 Å². The third kappa shape index (κ3) is 4.47. The zero-order valence-corrected chi connectivity index (χ0v) is 18.8. The predicted octanol–water partition coefficient (Wildman–Crippen LogP) is 3.64. The van der Waals surface area contributed by atoms with Gasteiger partial charge >= 0.3 is 0 Å². The highest BCUT2D eigenvalue weighted by Crippen LogP contribution is 2.25. The van der Waals surface area contributed by atoms with E-state index in [0.29, 0.717) is 33.3 Å². The van der Waals surface area contributed by atoms with Crippen molar-refractivity contribution in [2.75, 3.05) is 7.11 Å². The fourth-order valence-electron chi connectivity index (χ4n) is 3.45. The van der Waals surface area contributed by atoms with E-state index in [1.54, 1.807) is 67.8 Å². The molecule has 9 heteroatoms. The number of aromatic nitrogens is 1. The van der Waals surface area contributed by atoms with Gasteiger partial charge in [-0.1, -0.05) is 12.1 Å². The van der Waals surface area contributed by atoms with Gasteiger partial charge in [-0.2, -0.15) is 0 Å². The molecule has 2 N–H and O–H groups in total. The van der Waals surface area contributed by atoms with Crippen LogP contribution in [-0.2, 0) is 14.8 Å². The molecule has 172 valence electrons. The number of nitrogens with one attached hydrogen (secondary N) is 1. The Morgan fingerprint density at radius 3 is 2.26 bits per heavy atom. The zero-order chi connectivity index (χ0) is 24.3. The third-order valence-corrected chi connectivity index (χ3v) is 6.95. The van der Waals surface area contributed by atoms with Crippen LogP contribution in [0.15, 0.2) is 90.0 Å². The van der Waals surface area contributed by atoms with Gasteiger partial charge in [0.1, 0.15) is 5.75 Å². The second kappa shape index (κ2) is 9.34. The molecule has 0 bridgehead atoms. The Morgan fingerprint density at radius 1 is 0.941 bits per heavy atom. The number of methoxy groups -OCH3 is 1. The van der Waals surface area contributed by atoms with E-state index in [1.807, 2.05) is 0 Å². The first-order valence-corrected chi connectivity index (χ1v) is 11.5. The second-order valence-electron chi connectivity index (χ2n) is 7.33. The molecule has 1 aromatic heterocycles.